The molecule has 7 nitrogen and oxygen atoms in total. The molecule has 0 aliphatic rings. The lowest BCUT2D eigenvalue weighted by molar-refractivity contribution is -0.386. The summed E-state index contributed by atoms with van der Waals surface area (Å²) in [6.07, 6.45) is -5.48. The van der Waals surface area contributed by atoms with Crippen LogP contribution in [0.1, 0.15) is 5.56 Å². The molecular weight excluding hydrogens is 393 g/mol. The van der Waals surface area contributed by atoms with Crippen LogP contribution in [-0.4, -0.2) is 23.6 Å². The monoisotopic (exact) mass is 399 g/mol. The van der Waals surface area contributed by atoms with Gasteiger partial charge in [-0.3, -0.25) is 10.1 Å². The van der Waals surface area contributed by atoms with E-state index in [2.05, 4.69) is 0 Å². The minimum atomic E-state index is -5.48. The SMILES string of the molecule is O=[N+]([O-])c1cc(S(=O)(=O)c2c(F)cc(F)cc2C(F)(F)F)cc(O)c1O. The molecule has 2 N–H and O–H groups in total. The highest BCUT2D eigenvalue weighted by atomic mass is 32.2. The van der Waals surface area contributed by atoms with E-state index in [0.29, 0.717) is 0 Å². The van der Waals surface area contributed by atoms with Crippen molar-refractivity contribution in [3.8, 4) is 11.5 Å². The molecule has 0 aromatic heterocycles. The third-order valence-electron chi connectivity index (χ3n) is 3.13. The smallest absolute Gasteiger partial charge is 0.417 e. The molecule has 0 fully saturated rings. The summed E-state index contributed by atoms with van der Waals surface area (Å²) in [6.45, 7) is 0. The van der Waals surface area contributed by atoms with E-state index in [1.807, 2.05) is 0 Å². The molecule has 0 radical (unpaired) electrons. The molecule has 0 heterocycles. The first-order valence-electron chi connectivity index (χ1n) is 6.28. The summed E-state index contributed by atoms with van der Waals surface area (Å²) >= 11 is 0. The average molecular weight is 399 g/mol. The zero-order valence-electron chi connectivity index (χ0n) is 12.1. The van der Waals surface area contributed by atoms with Gasteiger partial charge in [0.2, 0.25) is 15.6 Å². The number of phenols is 2. The van der Waals surface area contributed by atoms with Gasteiger partial charge in [0.15, 0.2) is 5.75 Å². The number of hydrogen-bond acceptors (Lipinski definition) is 6. The van der Waals surface area contributed by atoms with E-state index < -0.39 is 65.1 Å². The van der Waals surface area contributed by atoms with Gasteiger partial charge in [-0.2, -0.15) is 13.2 Å². The van der Waals surface area contributed by atoms with Crippen molar-refractivity contribution >= 4 is 15.5 Å². The van der Waals surface area contributed by atoms with Gasteiger partial charge in [-0.05, 0) is 6.07 Å². The number of phenolic OH excluding ortho intramolecular Hbond substituents is 2. The summed E-state index contributed by atoms with van der Waals surface area (Å²) in [5.74, 6) is -6.47. The molecule has 0 amide bonds. The van der Waals surface area contributed by atoms with Crippen molar-refractivity contribution in [3.63, 3.8) is 0 Å². The number of alkyl halides is 3. The Balaban J connectivity index is 2.88. The molecule has 0 saturated heterocycles. The summed E-state index contributed by atoms with van der Waals surface area (Å²) in [5.41, 5.74) is -3.52. The van der Waals surface area contributed by atoms with Crippen molar-refractivity contribution in [2.24, 2.45) is 0 Å². The Morgan fingerprint density at radius 3 is 2.12 bits per heavy atom. The predicted molar refractivity (Wildman–Crippen MR) is 73.2 cm³/mol. The van der Waals surface area contributed by atoms with Crippen molar-refractivity contribution in [3.05, 3.63) is 51.6 Å². The lowest BCUT2D eigenvalue weighted by Gasteiger charge is -2.14. The van der Waals surface area contributed by atoms with Crippen LogP contribution >= 0.6 is 0 Å². The van der Waals surface area contributed by atoms with Crippen molar-refractivity contribution < 1.29 is 45.5 Å². The summed E-state index contributed by atoms with van der Waals surface area (Å²) in [4.78, 5) is 6.15. The topological polar surface area (TPSA) is 118 Å². The molecule has 2 rings (SSSR count). The largest absolute Gasteiger partial charge is 0.504 e. The first-order valence-corrected chi connectivity index (χ1v) is 7.77. The van der Waals surface area contributed by atoms with Crippen LogP contribution in [0.25, 0.3) is 0 Å². The van der Waals surface area contributed by atoms with Crippen LogP contribution in [0.2, 0.25) is 0 Å². The quantitative estimate of drug-likeness (QED) is 0.269. The Morgan fingerprint density at radius 1 is 1.04 bits per heavy atom. The zero-order chi connectivity index (χ0) is 20.0. The maximum absolute atomic E-state index is 13.9. The molecule has 0 aliphatic heterocycles. The molecule has 0 aliphatic carbocycles. The van der Waals surface area contributed by atoms with Gasteiger partial charge in [-0.15, -0.1) is 0 Å². The maximum Gasteiger partial charge on any atom is 0.417 e. The van der Waals surface area contributed by atoms with Crippen LogP contribution in [0.5, 0.6) is 11.5 Å². The summed E-state index contributed by atoms with van der Waals surface area (Å²) < 4.78 is 90.8. The molecule has 140 valence electrons. The standard InChI is InChI=1S/C13H6F5NO6S/c14-5-1-7(13(16,17)18)12(8(15)2-5)26(24,25)6-3-9(19(22)23)11(21)10(20)4-6/h1-4,20-21H. The molecule has 0 atom stereocenters. The fourth-order valence-electron chi connectivity index (χ4n) is 2.04. The van der Waals surface area contributed by atoms with Gasteiger partial charge in [0.25, 0.3) is 0 Å². The van der Waals surface area contributed by atoms with Gasteiger partial charge in [0.05, 0.1) is 15.4 Å². The normalized spacial score (nSPS) is 12.2. The fourth-order valence-corrected chi connectivity index (χ4v) is 3.58. The number of halogens is 5. The molecule has 2 aromatic rings. The second-order valence-corrected chi connectivity index (χ2v) is 6.72. The first kappa shape index (κ1) is 19.4. The van der Waals surface area contributed by atoms with Crippen molar-refractivity contribution in [1.29, 1.82) is 0 Å². The predicted octanol–water partition coefficient (Wildman–Crippen LogP) is 3.14. The van der Waals surface area contributed by atoms with E-state index >= 15 is 0 Å². The Morgan fingerprint density at radius 2 is 1.62 bits per heavy atom. The van der Waals surface area contributed by atoms with Crippen LogP contribution < -0.4 is 0 Å². The number of sulfone groups is 1. The van der Waals surface area contributed by atoms with Crippen molar-refractivity contribution in [2.75, 3.05) is 0 Å². The number of benzene rings is 2. The maximum atomic E-state index is 13.9. The van der Waals surface area contributed by atoms with Crippen molar-refractivity contribution in [1.82, 2.24) is 0 Å². The van der Waals surface area contributed by atoms with Gasteiger partial charge < -0.3 is 10.2 Å². The fraction of sp³-hybridized carbons (Fsp3) is 0.0769. The van der Waals surface area contributed by atoms with E-state index in [0.717, 1.165) is 0 Å². The zero-order valence-corrected chi connectivity index (χ0v) is 12.9. The van der Waals surface area contributed by atoms with Crippen molar-refractivity contribution in [2.45, 2.75) is 16.0 Å². The van der Waals surface area contributed by atoms with Crippen LogP contribution in [0.3, 0.4) is 0 Å². The Bertz CT molecular complexity index is 1020. The van der Waals surface area contributed by atoms with E-state index in [4.69, 9.17) is 0 Å². The molecule has 2 aromatic carbocycles. The van der Waals surface area contributed by atoms with Gasteiger partial charge in [0, 0.05) is 18.2 Å². The molecule has 26 heavy (non-hydrogen) atoms. The Kier molecular flexibility index (Phi) is 4.53. The van der Waals surface area contributed by atoms with Gasteiger partial charge in [0.1, 0.15) is 16.5 Å². The number of nitro groups is 1. The number of nitrogens with zero attached hydrogens (tertiary/aromatic N) is 1. The molecule has 0 saturated carbocycles. The van der Waals surface area contributed by atoms with Crippen LogP contribution in [-0.2, 0) is 16.0 Å². The second-order valence-electron chi connectivity index (χ2n) is 4.83. The molecule has 0 unspecified atom stereocenters. The average Bonchev–Trinajstić information content (AvgIpc) is 2.47. The highest BCUT2D eigenvalue weighted by Crippen LogP contribution is 2.42. The molecule has 0 bridgehead atoms. The van der Waals surface area contributed by atoms with Gasteiger partial charge >= 0.3 is 11.9 Å². The number of aromatic hydroxyl groups is 2. The Labute approximate surface area is 141 Å². The minimum Gasteiger partial charge on any atom is -0.504 e. The third-order valence-corrected chi connectivity index (χ3v) is 4.94. The molecule has 13 heteroatoms. The molecular formula is C13H6F5NO6S. The van der Waals surface area contributed by atoms with Gasteiger partial charge in [-0.25, -0.2) is 17.2 Å². The van der Waals surface area contributed by atoms with E-state index in [-0.39, 0.29) is 24.3 Å². The third kappa shape index (κ3) is 3.24. The minimum absolute atomic E-state index is 0.114. The van der Waals surface area contributed by atoms with E-state index in [9.17, 15) is 50.7 Å². The summed E-state index contributed by atoms with van der Waals surface area (Å²) in [6, 6.07) is -0.0462. The van der Waals surface area contributed by atoms with E-state index in [1.165, 1.54) is 0 Å². The van der Waals surface area contributed by atoms with Crippen LogP contribution in [0.4, 0.5) is 27.6 Å². The Hall–Kier alpha value is -2.96. The van der Waals surface area contributed by atoms with Crippen LogP contribution in [0, 0.1) is 21.7 Å². The molecule has 0 spiro atoms. The summed E-state index contributed by atoms with van der Waals surface area (Å²) in [5, 5.41) is 29.5. The first-order chi connectivity index (χ1) is 11.8. The van der Waals surface area contributed by atoms with Gasteiger partial charge in [-0.1, -0.05) is 0 Å². The van der Waals surface area contributed by atoms with E-state index in [1.54, 1.807) is 0 Å². The number of hydrogen-bond donors (Lipinski definition) is 2. The number of nitro benzene ring substituents is 1. The highest BCUT2D eigenvalue weighted by molar-refractivity contribution is 7.91. The second kappa shape index (κ2) is 6.09. The summed E-state index contributed by atoms with van der Waals surface area (Å²) in [7, 11) is -5.43. The number of rotatable bonds is 3. The lowest BCUT2D eigenvalue weighted by Crippen LogP contribution is -2.16. The van der Waals surface area contributed by atoms with Crippen LogP contribution in [0.15, 0.2) is 34.1 Å². The highest BCUT2D eigenvalue weighted by Gasteiger charge is 2.41. The lowest BCUT2D eigenvalue weighted by atomic mass is 10.2.